The molecule has 0 saturated heterocycles. The highest BCUT2D eigenvalue weighted by Gasteiger charge is 1.98. The molecule has 0 amide bonds. The van der Waals surface area contributed by atoms with Gasteiger partial charge in [0, 0.05) is 0 Å². The average Bonchev–Trinajstić information content (AvgIpc) is 2.42. The third kappa shape index (κ3) is 3.33. The second-order valence-electron chi connectivity index (χ2n) is 4.64. The maximum absolute atomic E-state index is 2.35. The highest BCUT2D eigenvalue weighted by atomic mass is 14.0. The number of allylic oxidation sites excluding steroid dienone is 2. The molecule has 0 aromatic heterocycles. The van der Waals surface area contributed by atoms with Crippen LogP contribution < -0.4 is 0 Å². The standard InChI is InChI=1S/C18H20/c1-3-17(18-12-9-15(2)10-13-18)14-11-16-7-5-4-6-8-16/h4-10,12-14H,3,11H2,1-2H3. The summed E-state index contributed by atoms with van der Waals surface area (Å²) in [5, 5.41) is 0. The molecule has 0 aliphatic carbocycles. The molecular formula is C18H20. The van der Waals surface area contributed by atoms with Gasteiger partial charge in [-0.05, 0) is 36.5 Å². The van der Waals surface area contributed by atoms with Gasteiger partial charge in [0.05, 0.1) is 0 Å². The van der Waals surface area contributed by atoms with Crippen LogP contribution in [0.3, 0.4) is 0 Å². The number of hydrogen-bond acceptors (Lipinski definition) is 0. The van der Waals surface area contributed by atoms with Crippen LogP contribution in [-0.2, 0) is 6.42 Å². The Labute approximate surface area is 110 Å². The fraction of sp³-hybridized carbons (Fsp3) is 0.222. The van der Waals surface area contributed by atoms with Crippen molar-refractivity contribution in [2.75, 3.05) is 0 Å². The molecular weight excluding hydrogens is 216 g/mol. The molecule has 0 nitrogen and oxygen atoms in total. The van der Waals surface area contributed by atoms with Crippen molar-refractivity contribution in [2.24, 2.45) is 0 Å². The molecule has 0 saturated carbocycles. The topological polar surface area (TPSA) is 0 Å². The van der Waals surface area contributed by atoms with Gasteiger partial charge in [-0.1, -0.05) is 73.2 Å². The molecule has 2 rings (SSSR count). The Morgan fingerprint density at radius 1 is 0.944 bits per heavy atom. The summed E-state index contributed by atoms with van der Waals surface area (Å²) in [6, 6.07) is 19.4. The Morgan fingerprint density at radius 3 is 2.22 bits per heavy atom. The quantitative estimate of drug-likeness (QED) is 0.698. The fourth-order valence-corrected chi connectivity index (χ4v) is 2.09. The first-order valence-corrected chi connectivity index (χ1v) is 6.59. The molecule has 2 aromatic rings. The van der Waals surface area contributed by atoms with Crippen molar-refractivity contribution in [1.29, 1.82) is 0 Å². The summed E-state index contributed by atoms with van der Waals surface area (Å²) < 4.78 is 0. The summed E-state index contributed by atoms with van der Waals surface area (Å²) in [5.74, 6) is 0. The summed E-state index contributed by atoms with van der Waals surface area (Å²) in [5.41, 5.74) is 5.46. The summed E-state index contributed by atoms with van der Waals surface area (Å²) in [4.78, 5) is 0. The smallest absolute Gasteiger partial charge is 0.00914 e. The lowest BCUT2D eigenvalue weighted by Gasteiger charge is -2.06. The molecule has 0 heteroatoms. The van der Waals surface area contributed by atoms with E-state index in [1.807, 2.05) is 0 Å². The van der Waals surface area contributed by atoms with Gasteiger partial charge >= 0.3 is 0 Å². The minimum atomic E-state index is 1.01. The van der Waals surface area contributed by atoms with Gasteiger partial charge in [-0.15, -0.1) is 0 Å². The summed E-state index contributed by atoms with van der Waals surface area (Å²) in [6.45, 7) is 4.35. The van der Waals surface area contributed by atoms with Gasteiger partial charge in [-0.3, -0.25) is 0 Å². The highest BCUT2D eigenvalue weighted by Crippen LogP contribution is 2.19. The van der Waals surface area contributed by atoms with Crippen molar-refractivity contribution >= 4 is 5.57 Å². The first kappa shape index (κ1) is 12.6. The van der Waals surface area contributed by atoms with Crippen LogP contribution in [0.1, 0.15) is 30.0 Å². The molecule has 0 spiro atoms. The third-order valence-electron chi connectivity index (χ3n) is 3.23. The van der Waals surface area contributed by atoms with E-state index in [0.717, 1.165) is 12.8 Å². The van der Waals surface area contributed by atoms with E-state index >= 15 is 0 Å². The van der Waals surface area contributed by atoms with Gasteiger partial charge in [0.25, 0.3) is 0 Å². The zero-order valence-electron chi connectivity index (χ0n) is 11.2. The van der Waals surface area contributed by atoms with Crippen LogP contribution in [-0.4, -0.2) is 0 Å². The van der Waals surface area contributed by atoms with E-state index in [2.05, 4.69) is 74.5 Å². The third-order valence-corrected chi connectivity index (χ3v) is 3.23. The molecule has 0 unspecified atom stereocenters. The Kier molecular flexibility index (Phi) is 4.35. The molecule has 92 valence electrons. The molecule has 18 heavy (non-hydrogen) atoms. The first-order chi connectivity index (χ1) is 8.79. The molecule has 2 aromatic carbocycles. The van der Waals surface area contributed by atoms with Crippen LogP contribution in [0.15, 0.2) is 60.7 Å². The van der Waals surface area contributed by atoms with Crippen LogP contribution in [0.25, 0.3) is 5.57 Å². The normalized spacial score (nSPS) is 11.6. The lowest BCUT2D eigenvalue weighted by atomic mass is 10.00. The predicted octanol–water partition coefficient (Wildman–Crippen LogP) is 5.03. The van der Waals surface area contributed by atoms with Gasteiger partial charge in [-0.25, -0.2) is 0 Å². The van der Waals surface area contributed by atoms with Crippen molar-refractivity contribution in [3.05, 3.63) is 77.4 Å². The minimum Gasteiger partial charge on any atom is -0.0763 e. The number of rotatable bonds is 4. The number of aryl methyl sites for hydroxylation is 1. The second kappa shape index (κ2) is 6.20. The van der Waals surface area contributed by atoms with Crippen LogP contribution in [0.4, 0.5) is 0 Å². The Hall–Kier alpha value is -1.82. The second-order valence-corrected chi connectivity index (χ2v) is 4.64. The summed E-state index contributed by atoms with van der Waals surface area (Å²) >= 11 is 0. The van der Waals surface area contributed by atoms with Crippen LogP contribution in [0.5, 0.6) is 0 Å². The molecule has 0 fully saturated rings. The average molecular weight is 236 g/mol. The van der Waals surface area contributed by atoms with Crippen molar-refractivity contribution in [2.45, 2.75) is 26.7 Å². The maximum atomic E-state index is 2.35. The van der Waals surface area contributed by atoms with Crippen LogP contribution >= 0.6 is 0 Å². The van der Waals surface area contributed by atoms with E-state index in [4.69, 9.17) is 0 Å². The molecule has 0 heterocycles. The zero-order valence-corrected chi connectivity index (χ0v) is 11.2. The van der Waals surface area contributed by atoms with Crippen LogP contribution in [0.2, 0.25) is 0 Å². The maximum Gasteiger partial charge on any atom is -0.00914 e. The van der Waals surface area contributed by atoms with Crippen molar-refractivity contribution in [3.8, 4) is 0 Å². The van der Waals surface area contributed by atoms with Crippen molar-refractivity contribution in [1.82, 2.24) is 0 Å². The molecule has 0 bridgehead atoms. The van der Waals surface area contributed by atoms with Crippen LogP contribution in [0, 0.1) is 6.92 Å². The Bertz CT molecular complexity index is 503. The number of benzene rings is 2. The minimum absolute atomic E-state index is 1.01. The molecule has 0 aliphatic heterocycles. The van der Waals surface area contributed by atoms with E-state index in [-0.39, 0.29) is 0 Å². The molecule has 0 N–H and O–H groups in total. The molecule has 0 aliphatic rings. The Balaban J connectivity index is 2.16. The van der Waals surface area contributed by atoms with Crippen molar-refractivity contribution < 1.29 is 0 Å². The zero-order chi connectivity index (χ0) is 12.8. The van der Waals surface area contributed by atoms with Gasteiger partial charge < -0.3 is 0 Å². The van der Waals surface area contributed by atoms with Gasteiger partial charge in [0.1, 0.15) is 0 Å². The van der Waals surface area contributed by atoms with E-state index in [1.165, 1.54) is 22.3 Å². The summed E-state index contributed by atoms with van der Waals surface area (Å²) in [6.07, 6.45) is 4.44. The van der Waals surface area contributed by atoms with E-state index in [9.17, 15) is 0 Å². The van der Waals surface area contributed by atoms with E-state index in [1.54, 1.807) is 0 Å². The highest BCUT2D eigenvalue weighted by molar-refractivity contribution is 5.65. The van der Waals surface area contributed by atoms with Gasteiger partial charge in [-0.2, -0.15) is 0 Å². The monoisotopic (exact) mass is 236 g/mol. The largest absolute Gasteiger partial charge is 0.0763 e. The predicted molar refractivity (Wildman–Crippen MR) is 79.6 cm³/mol. The molecule has 0 radical (unpaired) electrons. The number of hydrogen-bond donors (Lipinski definition) is 0. The van der Waals surface area contributed by atoms with Gasteiger partial charge in [0.15, 0.2) is 0 Å². The fourth-order valence-electron chi connectivity index (χ4n) is 2.09. The Morgan fingerprint density at radius 2 is 1.61 bits per heavy atom. The van der Waals surface area contributed by atoms with Gasteiger partial charge in [0.2, 0.25) is 0 Å². The van der Waals surface area contributed by atoms with E-state index < -0.39 is 0 Å². The summed E-state index contributed by atoms with van der Waals surface area (Å²) in [7, 11) is 0. The SMILES string of the molecule is CCC(=CCc1ccccc1)c1ccc(C)cc1. The lowest BCUT2D eigenvalue weighted by Crippen LogP contribution is -1.86. The lowest BCUT2D eigenvalue weighted by molar-refractivity contribution is 1.19. The van der Waals surface area contributed by atoms with E-state index in [0.29, 0.717) is 0 Å². The first-order valence-electron chi connectivity index (χ1n) is 6.59. The van der Waals surface area contributed by atoms with Crippen molar-refractivity contribution in [3.63, 3.8) is 0 Å². The molecule has 0 atom stereocenters.